The van der Waals surface area contributed by atoms with Crippen LogP contribution in [0.25, 0.3) is 87.7 Å². The van der Waals surface area contributed by atoms with Crippen molar-refractivity contribution >= 4 is 31.5 Å². The lowest BCUT2D eigenvalue weighted by Crippen LogP contribution is -2.25. The van der Waals surface area contributed by atoms with Crippen molar-refractivity contribution < 1.29 is 0 Å². The van der Waals surface area contributed by atoms with Crippen molar-refractivity contribution in [2.45, 2.75) is 5.41 Å². The van der Waals surface area contributed by atoms with E-state index >= 15 is 0 Å². The maximum Gasteiger partial charge on any atom is 0.164 e. The number of nitrogens with zero attached hydrogens (tertiary/aromatic N) is 3. The molecule has 0 amide bonds. The quantitative estimate of drug-likeness (QED) is 0.181. The van der Waals surface area contributed by atoms with Crippen LogP contribution in [0.4, 0.5) is 0 Å². The van der Waals surface area contributed by atoms with Crippen molar-refractivity contribution in [1.82, 2.24) is 15.0 Å². The third-order valence-corrected chi connectivity index (χ3v) is 12.9. The largest absolute Gasteiger partial charge is 0.208 e. The van der Waals surface area contributed by atoms with E-state index in [0.29, 0.717) is 17.5 Å². The summed E-state index contributed by atoms with van der Waals surface area (Å²) in [7, 11) is 0. The molecule has 0 saturated heterocycles. The molecule has 0 radical (unpaired) electrons. The number of hydrogen-bond donors (Lipinski definition) is 0. The van der Waals surface area contributed by atoms with E-state index in [1.54, 1.807) is 0 Å². The van der Waals surface area contributed by atoms with Crippen molar-refractivity contribution in [3.63, 3.8) is 0 Å². The molecule has 8 aromatic carbocycles. The molecule has 260 valence electrons. The minimum atomic E-state index is -0.361. The fourth-order valence-electron chi connectivity index (χ4n) is 9.31. The zero-order valence-corrected chi connectivity index (χ0v) is 31.0. The van der Waals surface area contributed by atoms with Crippen LogP contribution in [0.2, 0.25) is 0 Å². The van der Waals surface area contributed by atoms with E-state index in [9.17, 15) is 0 Å². The first kappa shape index (κ1) is 31.4. The highest BCUT2D eigenvalue weighted by Crippen LogP contribution is 2.63. The minimum absolute atomic E-state index is 0.361. The van der Waals surface area contributed by atoms with Crippen molar-refractivity contribution in [2.75, 3.05) is 0 Å². The molecule has 4 heteroatoms. The molecule has 0 bridgehead atoms. The summed E-state index contributed by atoms with van der Waals surface area (Å²) in [4.78, 5) is 14.9. The molecule has 0 fully saturated rings. The van der Waals surface area contributed by atoms with Gasteiger partial charge in [-0.05, 0) is 79.9 Å². The lowest BCUT2D eigenvalue weighted by Gasteiger charge is -2.30. The lowest BCUT2D eigenvalue weighted by atomic mass is 9.70. The first-order valence-corrected chi connectivity index (χ1v) is 19.8. The Morgan fingerprint density at radius 3 is 1.36 bits per heavy atom. The van der Waals surface area contributed by atoms with Gasteiger partial charge in [-0.3, -0.25) is 0 Å². The van der Waals surface area contributed by atoms with Crippen molar-refractivity contribution in [2.24, 2.45) is 0 Å². The monoisotopic (exact) mass is 729 g/mol. The van der Waals surface area contributed by atoms with Gasteiger partial charge < -0.3 is 0 Å². The predicted octanol–water partition coefficient (Wildman–Crippen LogP) is 13.3. The van der Waals surface area contributed by atoms with Gasteiger partial charge in [-0.15, -0.1) is 11.3 Å². The van der Waals surface area contributed by atoms with Gasteiger partial charge in [0.15, 0.2) is 17.5 Å². The molecule has 56 heavy (non-hydrogen) atoms. The molecule has 2 heterocycles. The second-order valence-corrected chi connectivity index (χ2v) is 15.8. The SMILES string of the molecule is c1ccc(-c2nc(-c3ccccc3)nc(-c3ccc4c(c3)sc3ccc(-c5ccc6c(c5)C5(c7ccccc7-c7ccccc75)c5ccccc5-6)cc34)n2)cc1. The highest BCUT2D eigenvalue weighted by molar-refractivity contribution is 7.25. The Balaban J connectivity index is 0.989. The van der Waals surface area contributed by atoms with E-state index in [-0.39, 0.29) is 5.41 Å². The fourth-order valence-corrected chi connectivity index (χ4v) is 10.4. The summed E-state index contributed by atoms with van der Waals surface area (Å²) in [6.45, 7) is 0. The molecule has 2 aliphatic carbocycles. The number of rotatable bonds is 4. The third-order valence-electron chi connectivity index (χ3n) is 11.8. The van der Waals surface area contributed by atoms with E-state index in [0.717, 1.165) is 16.7 Å². The molecule has 1 spiro atoms. The van der Waals surface area contributed by atoms with E-state index in [1.807, 2.05) is 72.0 Å². The number of aromatic nitrogens is 3. The van der Waals surface area contributed by atoms with Crippen LogP contribution in [-0.4, -0.2) is 15.0 Å². The highest BCUT2D eigenvalue weighted by Gasteiger charge is 2.51. The third kappa shape index (κ3) is 4.48. The van der Waals surface area contributed by atoms with Gasteiger partial charge in [0.05, 0.1) is 5.41 Å². The van der Waals surface area contributed by atoms with Crippen molar-refractivity contribution in [3.8, 4) is 67.5 Å². The average Bonchev–Trinajstić information content (AvgIpc) is 3.90. The maximum atomic E-state index is 5.00. The van der Waals surface area contributed by atoms with Crippen LogP contribution in [0.5, 0.6) is 0 Å². The van der Waals surface area contributed by atoms with Gasteiger partial charge in [0.1, 0.15) is 0 Å². The van der Waals surface area contributed by atoms with Gasteiger partial charge in [0, 0.05) is 36.9 Å². The van der Waals surface area contributed by atoms with Crippen molar-refractivity contribution in [3.05, 3.63) is 210 Å². The zero-order chi connectivity index (χ0) is 36.8. The Bertz CT molecular complexity index is 3080. The molecule has 2 aliphatic rings. The van der Waals surface area contributed by atoms with Crippen LogP contribution in [0, 0.1) is 0 Å². The molecule has 0 N–H and O–H groups in total. The maximum absolute atomic E-state index is 5.00. The lowest BCUT2D eigenvalue weighted by molar-refractivity contribution is 0.794. The predicted molar refractivity (Wildman–Crippen MR) is 231 cm³/mol. The number of benzene rings is 8. The van der Waals surface area contributed by atoms with Gasteiger partial charge in [-0.25, -0.2) is 15.0 Å². The summed E-state index contributed by atoms with van der Waals surface area (Å²) >= 11 is 1.82. The van der Waals surface area contributed by atoms with Crippen LogP contribution in [0.1, 0.15) is 22.3 Å². The van der Waals surface area contributed by atoms with Crippen molar-refractivity contribution in [1.29, 1.82) is 0 Å². The standard InChI is InChI=1S/C52H31N3S/c1-3-13-32(14-4-1)49-53-50(33-15-5-2-6-16-33)55-51(54-49)36-24-27-41-42-29-34(25-28-47(42)56-48(41)31-36)35-23-26-40-39-19-9-12-22-45(39)52(46(40)30-35)43-20-10-7-17-37(43)38-18-8-11-21-44(38)52/h1-31H. The summed E-state index contributed by atoms with van der Waals surface area (Å²) in [6.07, 6.45) is 0. The normalized spacial score (nSPS) is 13.1. The Hall–Kier alpha value is -7.01. The highest BCUT2D eigenvalue weighted by atomic mass is 32.1. The van der Waals surface area contributed by atoms with Gasteiger partial charge in [-0.1, -0.05) is 164 Å². The Labute approximate surface area is 328 Å². The molecule has 3 nitrogen and oxygen atoms in total. The van der Waals surface area contributed by atoms with Gasteiger partial charge in [0.25, 0.3) is 0 Å². The van der Waals surface area contributed by atoms with Gasteiger partial charge >= 0.3 is 0 Å². The topological polar surface area (TPSA) is 38.7 Å². The number of thiophene rings is 1. The van der Waals surface area contributed by atoms with Crippen LogP contribution in [0.3, 0.4) is 0 Å². The molecular weight excluding hydrogens is 699 g/mol. The summed E-state index contributed by atoms with van der Waals surface area (Å²) < 4.78 is 2.47. The molecule has 12 rings (SSSR count). The molecule has 2 aromatic heterocycles. The van der Waals surface area contributed by atoms with E-state index in [2.05, 4.69) is 127 Å². The van der Waals surface area contributed by atoms with Crippen LogP contribution >= 0.6 is 11.3 Å². The van der Waals surface area contributed by atoms with Crippen LogP contribution in [-0.2, 0) is 5.41 Å². The Morgan fingerprint density at radius 1 is 0.304 bits per heavy atom. The van der Waals surface area contributed by atoms with E-state index in [1.165, 1.54) is 75.8 Å². The summed E-state index contributed by atoms with van der Waals surface area (Å²) in [5.41, 5.74) is 15.7. The number of fused-ring (bicyclic) bond motifs is 13. The zero-order valence-electron chi connectivity index (χ0n) is 30.1. The Kier molecular flexibility index (Phi) is 6.72. The number of hydrogen-bond acceptors (Lipinski definition) is 4. The summed E-state index contributed by atoms with van der Waals surface area (Å²) in [6, 6.07) is 68.0. The van der Waals surface area contributed by atoms with Gasteiger partial charge in [-0.2, -0.15) is 0 Å². The van der Waals surface area contributed by atoms with E-state index in [4.69, 9.17) is 15.0 Å². The molecule has 0 unspecified atom stereocenters. The molecule has 0 aliphatic heterocycles. The Morgan fingerprint density at radius 2 is 0.768 bits per heavy atom. The molecular formula is C52H31N3S. The fraction of sp³-hybridized carbons (Fsp3) is 0.0192. The molecule has 0 atom stereocenters. The van der Waals surface area contributed by atoms with Crippen LogP contribution < -0.4 is 0 Å². The van der Waals surface area contributed by atoms with Gasteiger partial charge in [0.2, 0.25) is 0 Å². The van der Waals surface area contributed by atoms with E-state index < -0.39 is 0 Å². The second kappa shape index (κ2) is 12.0. The summed E-state index contributed by atoms with van der Waals surface area (Å²) in [5.74, 6) is 2.00. The average molecular weight is 730 g/mol. The smallest absolute Gasteiger partial charge is 0.164 e. The minimum Gasteiger partial charge on any atom is -0.208 e. The molecule has 0 saturated carbocycles. The second-order valence-electron chi connectivity index (χ2n) is 14.7. The first-order chi connectivity index (χ1) is 27.7. The summed E-state index contributed by atoms with van der Waals surface area (Å²) in [5, 5.41) is 2.50. The van der Waals surface area contributed by atoms with Crippen LogP contribution in [0.15, 0.2) is 188 Å². The molecule has 10 aromatic rings. The first-order valence-electron chi connectivity index (χ1n) is 19.0.